The smallest absolute Gasteiger partial charge is 0.192 e. The number of nitrogens with zero attached hydrogens (tertiary/aromatic N) is 2. The lowest BCUT2D eigenvalue weighted by Crippen LogP contribution is -2.03. The second kappa shape index (κ2) is 6.15. The lowest BCUT2D eigenvalue weighted by molar-refractivity contribution is -0.137. The van der Waals surface area contributed by atoms with Gasteiger partial charge in [-0.1, -0.05) is 30.4 Å². The zero-order chi connectivity index (χ0) is 16.2. The van der Waals surface area contributed by atoms with Crippen molar-refractivity contribution >= 4 is 12.2 Å². The van der Waals surface area contributed by atoms with Gasteiger partial charge in [-0.15, -0.1) is 0 Å². The van der Waals surface area contributed by atoms with E-state index in [9.17, 15) is 13.2 Å². The monoisotopic (exact) mass is 298 g/mol. The van der Waals surface area contributed by atoms with Gasteiger partial charge in [0.05, 0.1) is 28.8 Å². The Hall–Kier alpha value is -3.05. The first-order chi connectivity index (χ1) is 10.5. The predicted octanol–water partition coefficient (Wildman–Crippen LogP) is 4.62. The molecule has 2 rings (SSSR count). The van der Waals surface area contributed by atoms with Crippen LogP contribution in [0.5, 0.6) is 0 Å². The van der Waals surface area contributed by atoms with Gasteiger partial charge in [-0.3, -0.25) is 0 Å². The maximum atomic E-state index is 12.5. The van der Waals surface area contributed by atoms with Crippen molar-refractivity contribution in [3.63, 3.8) is 0 Å². The number of hydrogen-bond acceptors (Lipinski definition) is 2. The Balaban J connectivity index is 2.34. The largest absolute Gasteiger partial charge is 0.416 e. The summed E-state index contributed by atoms with van der Waals surface area (Å²) in [7, 11) is 0. The maximum Gasteiger partial charge on any atom is 0.416 e. The third-order valence-electron chi connectivity index (χ3n) is 3.03. The average molecular weight is 298 g/mol. The summed E-state index contributed by atoms with van der Waals surface area (Å²) in [6, 6.07) is 13.4. The van der Waals surface area contributed by atoms with Gasteiger partial charge in [0.2, 0.25) is 0 Å². The first kappa shape index (κ1) is 15.3. The molecule has 0 saturated carbocycles. The molecule has 0 aliphatic carbocycles. The highest BCUT2D eigenvalue weighted by molar-refractivity contribution is 5.75. The van der Waals surface area contributed by atoms with E-state index < -0.39 is 11.7 Å². The molecule has 0 saturated heterocycles. The Morgan fingerprint density at radius 1 is 0.818 bits per heavy atom. The molecule has 2 aromatic rings. The molecule has 108 valence electrons. The van der Waals surface area contributed by atoms with E-state index in [0.717, 1.165) is 12.1 Å². The number of benzene rings is 2. The molecule has 0 aromatic heterocycles. The van der Waals surface area contributed by atoms with E-state index in [1.165, 1.54) is 12.1 Å². The lowest BCUT2D eigenvalue weighted by atomic mass is 10.0. The van der Waals surface area contributed by atoms with Crippen LogP contribution in [0.3, 0.4) is 0 Å². The molecule has 0 spiro atoms. The standard InChI is InChI=1S/C17H9F3N2/c18-17(19,20)15-7-4-12(5-8-15)6-9-16-13(10-21)2-1-3-14(16)11-22/h1-9H. The maximum absolute atomic E-state index is 12.5. The van der Waals surface area contributed by atoms with Gasteiger partial charge in [-0.25, -0.2) is 0 Å². The molecule has 2 aromatic carbocycles. The fraction of sp³-hybridized carbons (Fsp3) is 0.0588. The quantitative estimate of drug-likeness (QED) is 0.759. The molecular formula is C17H9F3N2. The van der Waals surface area contributed by atoms with Gasteiger partial charge >= 0.3 is 6.18 Å². The van der Waals surface area contributed by atoms with Gasteiger partial charge < -0.3 is 0 Å². The van der Waals surface area contributed by atoms with Crippen molar-refractivity contribution in [1.29, 1.82) is 10.5 Å². The van der Waals surface area contributed by atoms with Crippen LogP contribution in [0.2, 0.25) is 0 Å². The summed E-state index contributed by atoms with van der Waals surface area (Å²) in [5.74, 6) is 0. The van der Waals surface area contributed by atoms with Crippen molar-refractivity contribution in [3.8, 4) is 12.1 Å². The molecule has 0 unspecified atom stereocenters. The summed E-state index contributed by atoms with van der Waals surface area (Å²) in [4.78, 5) is 0. The summed E-state index contributed by atoms with van der Waals surface area (Å²) in [5.41, 5.74) is 0.946. The Morgan fingerprint density at radius 3 is 1.82 bits per heavy atom. The molecule has 0 atom stereocenters. The van der Waals surface area contributed by atoms with Crippen LogP contribution in [-0.2, 0) is 6.18 Å². The minimum atomic E-state index is -4.37. The number of rotatable bonds is 2. The second-order valence-corrected chi connectivity index (χ2v) is 4.44. The van der Waals surface area contributed by atoms with Gasteiger partial charge in [0.25, 0.3) is 0 Å². The molecule has 0 bridgehead atoms. The SMILES string of the molecule is N#Cc1cccc(C#N)c1C=Cc1ccc(C(F)(F)F)cc1. The van der Waals surface area contributed by atoms with Crippen LogP contribution in [-0.4, -0.2) is 0 Å². The molecule has 0 N–H and O–H groups in total. The highest BCUT2D eigenvalue weighted by Gasteiger charge is 2.29. The minimum Gasteiger partial charge on any atom is -0.192 e. The van der Waals surface area contributed by atoms with E-state index in [2.05, 4.69) is 0 Å². The first-order valence-corrected chi connectivity index (χ1v) is 6.24. The minimum absolute atomic E-state index is 0.335. The van der Waals surface area contributed by atoms with Crippen LogP contribution in [0.25, 0.3) is 12.2 Å². The van der Waals surface area contributed by atoms with Crippen LogP contribution >= 0.6 is 0 Å². The van der Waals surface area contributed by atoms with Crippen molar-refractivity contribution in [3.05, 3.63) is 70.3 Å². The van der Waals surface area contributed by atoms with Crippen molar-refractivity contribution in [2.24, 2.45) is 0 Å². The van der Waals surface area contributed by atoms with Crippen molar-refractivity contribution in [2.45, 2.75) is 6.18 Å². The van der Waals surface area contributed by atoms with E-state index in [4.69, 9.17) is 10.5 Å². The molecule has 5 heteroatoms. The van der Waals surface area contributed by atoms with Gasteiger partial charge in [-0.05, 0) is 29.8 Å². The summed E-state index contributed by atoms with van der Waals surface area (Å²) < 4.78 is 37.4. The van der Waals surface area contributed by atoms with E-state index in [1.807, 2.05) is 12.1 Å². The van der Waals surface area contributed by atoms with Crippen molar-refractivity contribution in [1.82, 2.24) is 0 Å². The summed E-state index contributed by atoms with van der Waals surface area (Å²) in [5, 5.41) is 18.1. The summed E-state index contributed by atoms with van der Waals surface area (Å²) in [6.07, 6.45) is -1.25. The number of halogens is 3. The second-order valence-electron chi connectivity index (χ2n) is 4.44. The van der Waals surface area contributed by atoms with E-state index >= 15 is 0 Å². The summed E-state index contributed by atoms with van der Waals surface area (Å²) in [6.45, 7) is 0. The molecule has 2 nitrogen and oxygen atoms in total. The van der Waals surface area contributed by atoms with Crippen LogP contribution in [0, 0.1) is 22.7 Å². The van der Waals surface area contributed by atoms with Crippen molar-refractivity contribution < 1.29 is 13.2 Å². The average Bonchev–Trinajstić information content (AvgIpc) is 2.52. The Kier molecular flexibility index (Phi) is 4.29. The zero-order valence-electron chi connectivity index (χ0n) is 11.2. The fourth-order valence-corrected chi connectivity index (χ4v) is 1.90. The number of nitriles is 2. The molecule has 0 aliphatic rings. The van der Waals surface area contributed by atoms with Crippen LogP contribution in [0.15, 0.2) is 42.5 Å². The topological polar surface area (TPSA) is 47.6 Å². The van der Waals surface area contributed by atoms with Crippen LogP contribution in [0.4, 0.5) is 13.2 Å². The van der Waals surface area contributed by atoms with Crippen LogP contribution in [0.1, 0.15) is 27.8 Å². The van der Waals surface area contributed by atoms with Gasteiger partial charge in [0.15, 0.2) is 0 Å². The predicted molar refractivity (Wildman–Crippen MR) is 76.2 cm³/mol. The van der Waals surface area contributed by atoms with Gasteiger partial charge in [0.1, 0.15) is 0 Å². The number of alkyl halides is 3. The molecule has 0 heterocycles. The first-order valence-electron chi connectivity index (χ1n) is 6.24. The Bertz CT molecular complexity index is 756. The molecule has 22 heavy (non-hydrogen) atoms. The Morgan fingerprint density at radius 2 is 1.36 bits per heavy atom. The van der Waals surface area contributed by atoms with Crippen molar-refractivity contribution in [2.75, 3.05) is 0 Å². The highest BCUT2D eigenvalue weighted by atomic mass is 19.4. The lowest BCUT2D eigenvalue weighted by Gasteiger charge is -2.06. The van der Waals surface area contributed by atoms with Gasteiger partial charge in [0, 0.05) is 5.56 Å². The number of hydrogen-bond donors (Lipinski definition) is 0. The van der Waals surface area contributed by atoms with Crippen LogP contribution < -0.4 is 0 Å². The van der Waals surface area contributed by atoms with E-state index in [-0.39, 0.29) is 0 Å². The molecule has 0 amide bonds. The van der Waals surface area contributed by atoms with E-state index in [1.54, 1.807) is 30.4 Å². The van der Waals surface area contributed by atoms with E-state index in [0.29, 0.717) is 22.3 Å². The normalized spacial score (nSPS) is 11.1. The summed E-state index contributed by atoms with van der Waals surface area (Å²) >= 11 is 0. The molecule has 0 radical (unpaired) electrons. The highest BCUT2D eigenvalue weighted by Crippen LogP contribution is 2.29. The fourth-order valence-electron chi connectivity index (χ4n) is 1.90. The third kappa shape index (κ3) is 3.34. The molecular weight excluding hydrogens is 289 g/mol. The van der Waals surface area contributed by atoms with Gasteiger partial charge in [-0.2, -0.15) is 23.7 Å². The molecule has 0 fully saturated rings. The zero-order valence-corrected chi connectivity index (χ0v) is 11.2. The Labute approximate surface area is 125 Å². The molecule has 0 aliphatic heterocycles. The third-order valence-corrected chi connectivity index (χ3v) is 3.03.